The molecule has 1 N–H and O–H groups in total. The monoisotopic (exact) mass is 571 g/mol. The number of alkyl halides is 2. The number of pyridine rings is 1. The third-order valence-electron chi connectivity index (χ3n) is 10.1. The molecule has 0 amide bonds. The Balaban J connectivity index is 1.20. The van der Waals surface area contributed by atoms with Crippen LogP contribution in [0.4, 0.5) is 13.2 Å². The number of carboxylic acid groups (broad SMARTS) is 1. The zero-order valence-electron chi connectivity index (χ0n) is 24.3. The normalized spacial score (nSPS) is 24.7. The number of hydrogen-bond donors (Lipinski definition) is 1. The lowest BCUT2D eigenvalue weighted by atomic mass is 9.73. The van der Waals surface area contributed by atoms with E-state index in [-0.39, 0.29) is 41.6 Å². The van der Waals surface area contributed by atoms with E-state index in [9.17, 15) is 23.1 Å². The van der Waals surface area contributed by atoms with Crippen LogP contribution in [0.1, 0.15) is 74.6 Å². The lowest BCUT2D eigenvalue weighted by Crippen LogP contribution is -2.48. The molecule has 0 radical (unpaired) electrons. The van der Waals surface area contributed by atoms with Crippen LogP contribution < -0.4 is 0 Å². The highest BCUT2D eigenvalue weighted by molar-refractivity contribution is 5.74. The molecule has 224 valence electrons. The minimum atomic E-state index is -2.92. The second-order valence-electron chi connectivity index (χ2n) is 12.9. The predicted octanol–water partition coefficient (Wildman–Crippen LogP) is 6.72. The molecule has 5 rings (SSSR count). The standard InChI is InChI=1S/C33H44F3N3O2/c1-22-9-10-30(37-18-22)33(35,36)14-11-24-12-15-38(16-13-24)19-27-20-39(21-29(27)26-7-4-8-28(34)17-26)31(32(40)41)23(2)25-5-3-6-25/h4,7-10,17-18,23-25,27,29,31H,3,5-6,11-16,19-21H2,1-2H3,(H,40,41)/t23-,27-,29+,31-/m0/s1. The highest BCUT2D eigenvalue weighted by Gasteiger charge is 2.44. The molecule has 0 bridgehead atoms. The summed E-state index contributed by atoms with van der Waals surface area (Å²) < 4.78 is 43.8. The quantitative estimate of drug-likeness (QED) is 0.325. The molecule has 3 heterocycles. The molecular formula is C33H44F3N3O2. The summed E-state index contributed by atoms with van der Waals surface area (Å²) in [4.78, 5) is 21.0. The summed E-state index contributed by atoms with van der Waals surface area (Å²) in [6, 6.07) is 9.34. The first-order valence-corrected chi connectivity index (χ1v) is 15.4. The SMILES string of the molecule is Cc1ccc(C(F)(F)CCC2CCN(C[C@H]3CN([C@H](C(=O)O)[C@@H](C)C4CCC4)C[C@@H]3c3cccc(F)c3)CC2)nc1. The summed E-state index contributed by atoms with van der Waals surface area (Å²) in [7, 11) is 0. The second-order valence-corrected chi connectivity index (χ2v) is 12.9. The van der Waals surface area contributed by atoms with Gasteiger partial charge in [-0.2, -0.15) is 8.78 Å². The summed E-state index contributed by atoms with van der Waals surface area (Å²) >= 11 is 0. The van der Waals surface area contributed by atoms with Gasteiger partial charge in [0.2, 0.25) is 0 Å². The molecule has 2 aromatic rings. The van der Waals surface area contributed by atoms with Crippen molar-refractivity contribution in [1.82, 2.24) is 14.8 Å². The highest BCUT2D eigenvalue weighted by atomic mass is 19.3. The summed E-state index contributed by atoms with van der Waals surface area (Å²) in [6.45, 7) is 7.69. The van der Waals surface area contributed by atoms with Gasteiger partial charge in [0.15, 0.2) is 0 Å². The Morgan fingerprint density at radius 3 is 2.49 bits per heavy atom. The van der Waals surface area contributed by atoms with Crippen LogP contribution in [0.15, 0.2) is 42.6 Å². The van der Waals surface area contributed by atoms with E-state index in [0.717, 1.165) is 56.4 Å². The van der Waals surface area contributed by atoms with Crippen LogP contribution >= 0.6 is 0 Å². The van der Waals surface area contributed by atoms with E-state index in [1.807, 2.05) is 13.0 Å². The molecule has 0 spiro atoms. The van der Waals surface area contributed by atoms with Gasteiger partial charge in [-0.25, -0.2) is 4.39 Å². The lowest BCUT2D eigenvalue weighted by molar-refractivity contribution is -0.146. The number of rotatable bonds is 11. The average Bonchev–Trinajstić information content (AvgIpc) is 3.30. The van der Waals surface area contributed by atoms with Gasteiger partial charge in [-0.3, -0.25) is 14.7 Å². The Morgan fingerprint density at radius 2 is 1.88 bits per heavy atom. The molecule has 3 fully saturated rings. The van der Waals surface area contributed by atoms with Crippen molar-refractivity contribution in [2.45, 2.75) is 76.7 Å². The topological polar surface area (TPSA) is 56.7 Å². The fourth-order valence-electron chi connectivity index (χ4n) is 7.36. The van der Waals surface area contributed by atoms with Crippen LogP contribution in [0.5, 0.6) is 0 Å². The molecule has 3 aliphatic rings. The Bertz CT molecular complexity index is 1160. The van der Waals surface area contributed by atoms with E-state index in [2.05, 4.69) is 21.7 Å². The molecule has 2 aliphatic heterocycles. The summed E-state index contributed by atoms with van der Waals surface area (Å²) in [5.74, 6) is -2.93. The Kier molecular flexibility index (Phi) is 9.39. The first-order chi connectivity index (χ1) is 19.6. The molecule has 5 nitrogen and oxygen atoms in total. The van der Waals surface area contributed by atoms with Gasteiger partial charge in [0.05, 0.1) is 0 Å². The number of benzene rings is 1. The van der Waals surface area contributed by atoms with Crippen molar-refractivity contribution in [2.75, 3.05) is 32.7 Å². The first kappa shape index (κ1) is 30.0. The van der Waals surface area contributed by atoms with Gasteiger partial charge >= 0.3 is 5.97 Å². The van der Waals surface area contributed by atoms with Crippen LogP contribution in [0.3, 0.4) is 0 Å². The molecule has 1 aromatic carbocycles. The fraction of sp³-hybridized carbons (Fsp3) is 0.636. The molecule has 4 atom stereocenters. The maximum absolute atomic E-state index is 14.8. The second kappa shape index (κ2) is 12.8. The molecule has 1 saturated carbocycles. The van der Waals surface area contributed by atoms with E-state index in [0.29, 0.717) is 25.4 Å². The van der Waals surface area contributed by atoms with E-state index >= 15 is 0 Å². The largest absolute Gasteiger partial charge is 0.480 e. The maximum Gasteiger partial charge on any atom is 0.321 e. The van der Waals surface area contributed by atoms with Crippen molar-refractivity contribution < 1.29 is 23.1 Å². The molecule has 1 aromatic heterocycles. The summed E-state index contributed by atoms with van der Waals surface area (Å²) in [5, 5.41) is 10.2. The third-order valence-corrected chi connectivity index (χ3v) is 10.1. The summed E-state index contributed by atoms with van der Waals surface area (Å²) in [5.41, 5.74) is 1.65. The number of carboxylic acids is 1. The third kappa shape index (κ3) is 7.14. The Morgan fingerprint density at radius 1 is 1.12 bits per heavy atom. The molecule has 0 unspecified atom stereocenters. The number of aromatic nitrogens is 1. The maximum atomic E-state index is 14.8. The van der Waals surface area contributed by atoms with Gasteiger partial charge in [0.25, 0.3) is 5.92 Å². The Hall–Kier alpha value is -2.45. The number of nitrogens with zero attached hydrogens (tertiary/aromatic N) is 3. The van der Waals surface area contributed by atoms with Crippen molar-refractivity contribution in [3.8, 4) is 0 Å². The van der Waals surface area contributed by atoms with Crippen molar-refractivity contribution in [1.29, 1.82) is 0 Å². The van der Waals surface area contributed by atoms with Crippen LogP contribution in [0.2, 0.25) is 0 Å². The van der Waals surface area contributed by atoms with Gasteiger partial charge in [-0.15, -0.1) is 0 Å². The van der Waals surface area contributed by atoms with Gasteiger partial charge in [-0.05, 0) is 92.3 Å². The lowest BCUT2D eigenvalue weighted by Gasteiger charge is -2.38. The van der Waals surface area contributed by atoms with Crippen molar-refractivity contribution in [2.24, 2.45) is 23.7 Å². The number of aliphatic carboxylic acids is 1. The number of hydrogen-bond acceptors (Lipinski definition) is 4. The number of carbonyl (C=O) groups is 1. The number of piperidine rings is 1. The number of likely N-dealkylation sites (tertiary alicyclic amines) is 2. The number of aryl methyl sites for hydroxylation is 1. The van der Waals surface area contributed by atoms with Crippen LogP contribution in [0, 0.1) is 36.4 Å². The minimum Gasteiger partial charge on any atom is -0.480 e. The van der Waals surface area contributed by atoms with Crippen LogP contribution in [-0.2, 0) is 10.7 Å². The van der Waals surface area contributed by atoms with E-state index in [1.165, 1.54) is 24.8 Å². The van der Waals surface area contributed by atoms with Gasteiger partial charge < -0.3 is 10.0 Å². The number of halogens is 3. The molecule has 1 aliphatic carbocycles. The van der Waals surface area contributed by atoms with Crippen molar-refractivity contribution >= 4 is 5.97 Å². The van der Waals surface area contributed by atoms with Crippen LogP contribution in [-0.4, -0.2) is 64.6 Å². The Labute approximate surface area is 242 Å². The minimum absolute atomic E-state index is 0.0552. The van der Waals surface area contributed by atoms with Crippen molar-refractivity contribution in [3.63, 3.8) is 0 Å². The van der Waals surface area contributed by atoms with E-state index in [4.69, 9.17) is 0 Å². The predicted molar refractivity (Wildman–Crippen MR) is 153 cm³/mol. The van der Waals surface area contributed by atoms with Gasteiger partial charge in [0, 0.05) is 38.2 Å². The average molecular weight is 572 g/mol. The molecule has 2 saturated heterocycles. The van der Waals surface area contributed by atoms with Crippen molar-refractivity contribution in [3.05, 3.63) is 65.2 Å². The molecule has 41 heavy (non-hydrogen) atoms. The van der Waals surface area contributed by atoms with E-state index < -0.39 is 17.9 Å². The first-order valence-electron chi connectivity index (χ1n) is 15.4. The smallest absolute Gasteiger partial charge is 0.321 e. The highest BCUT2D eigenvalue weighted by Crippen LogP contribution is 2.41. The summed E-state index contributed by atoms with van der Waals surface area (Å²) in [6.07, 6.45) is 6.88. The fourth-order valence-corrected chi connectivity index (χ4v) is 7.36. The van der Waals surface area contributed by atoms with Crippen LogP contribution in [0.25, 0.3) is 0 Å². The molecule has 8 heteroatoms. The van der Waals surface area contributed by atoms with Gasteiger partial charge in [0.1, 0.15) is 17.6 Å². The zero-order chi connectivity index (χ0) is 29.1. The zero-order valence-corrected chi connectivity index (χ0v) is 24.3. The van der Waals surface area contributed by atoms with Gasteiger partial charge in [-0.1, -0.05) is 44.4 Å². The van der Waals surface area contributed by atoms with E-state index in [1.54, 1.807) is 18.2 Å². The molecular weight excluding hydrogens is 527 g/mol.